The molecular weight excluding hydrogens is 212 g/mol. The van der Waals surface area contributed by atoms with E-state index in [4.69, 9.17) is 11.6 Å². The Hall–Kier alpha value is -1.32. The Morgan fingerprint density at radius 3 is 2.67 bits per heavy atom. The lowest BCUT2D eigenvalue weighted by Crippen LogP contribution is -2.06. The van der Waals surface area contributed by atoms with Crippen molar-refractivity contribution in [3.63, 3.8) is 0 Å². The van der Waals surface area contributed by atoms with E-state index in [0.717, 1.165) is 5.69 Å². The summed E-state index contributed by atoms with van der Waals surface area (Å²) in [6, 6.07) is 9.02. The number of aliphatic hydroxyl groups is 1. The van der Waals surface area contributed by atoms with Crippen molar-refractivity contribution in [2.24, 2.45) is 7.05 Å². The fourth-order valence-corrected chi connectivity index (χ4v) is 1.75. The largest absolute Gasteiger partial charge is 0.382 e. The molecule has 0 aliphatic heterocycles. The zero-order valence-corrected chi connectivity index (χ0v) is 9.02. The van der Waals surface area contributed by atoms with E-state index in [9.17, 15) is 5.11 Å². The molecule has 0 fully saturated rings. The molecule has 0 aliphatic rings. The van der Waals surface area contributed by atoms with Crippen molar-refractivity contribution in [3.05, 3.63) is 52.8 Å². The molecule has 1 aromatic heterocycles. The number of nitrogens with zero attached hydrogens (tertiary/aromatic N) is 2. The summed E-state index contributed by atoms with van der Waals surface area (Å²) >= 11 is 6.00. The molecule has 15 heavy (non-hydrogen) atoms. The van der Waals surface area contributed by atoms with Crippen LogP contribution in [-0.2, 0) is 7.05 Å². The number of benzene rings is 1. The van der Waals surface area contributed by atoms with E-state index >= 15 is 0 Å². The predicted molar refractivity (Wildman–Crippen MR) is 58.7 cm³/mol. The Morgan fingerprint density at radius 1 is 1.33 bits per heavy atom. The van der Waals surface area contributed by atoms with Gasteiger partial charge in [-0.2, -0.15) is 5.10 Å². The van der Waals surface area contributed by atoms with Crippen LogP contribution in [0.2, 0.25) is 5.02 Å². The molecule has 3 nitrogen and oxygen atoms in total. The highest BCUT2D eigenvalue weighted by Gasteiger charge is 2.15. The Morgan fingerprint density at radius 2 is 2.07 bits per heavy atom. The van der Waals surface area contributed by atoms with Crippen molar-refractivity contribution in [1.82, 2.24) is 9.78 Å². The normalized spacial score (nSPS) is 12.7. The first kappa shape index (κ1) is 10.2. The number of hydrogen-bond donors (Lipinski definition) is 1. The van der Waals surface area contributed by atoms with Crippen molar-refractivity contribution in [3.8, 4) is 0 Å². The van der Waals surface area contributed by atoms with E-state index in [2.05, 4.69) is 5.10 Å². The molecule has 1 N–H and O–H groups in total. The fourth-order valence-electron chi connectivity index (χ4n) is 1.51. The summed E-state index contributed by atoms with van der Waals surface area (Å²) in [7, 11) is 1.79. The van der Waals surface area contributed by atoms with Gasteiger partial charge in [-0.05, 0) is 12.1 Å². The van der Waals surface area contributed by atoms with Gasteiger partial charge in [0, 0.05) is 23.8 Å². The van der Waals surface area contributed by atoms with Gasteiger partial charge in [-0.15, -0.1) is 0 Å². The molecule has 1 atom stereocenters. The Labute approximate surface area is 92.9 Å². The van der Waals surface area contributed by atoms with E-state index in [1.54, 1.807) is 36.1 Å². The van der Waals surface area contributed by atoms with Crippen molar-refractivity contribution >= 4 is 11.6 Å². The van der Waals surface area contributed by atoms with Crippen LogP contribution in [0.25, 0.3) is 0 Å². The summed E-state index contributed by atoms with van der Waals surface area (Å²) in [5, 5.41) is 14.7. The lowest BCUT2D eigenvalue weighted by Gasteiger charge is -2.12. The van der Waals surface area contributed by atoms with Crippen LogP contribution in [-0.4, -0.2) is 14.9 Å². The quantitative estimate of drug-likeness (QED) is 0.846. The minimum Gasteiger partial charge on any atom is -0.382 e. The highest BCUT2D eigenvalue weighted by molar-refractivity contribution is 6.31. The van der Waals surface area contributed by atoms with Gasteiger partial charge in [-0.3, -0.25) is 4.68 Å². The molecule has 1 heterocycles. The van der Waals surface area contributed by atoms with Gasteiger partial charge in [-0.25, -0.2) is 0 Å². The summed E-state index contributed by atoms with van der Waals surface area (Å²) in [6.45, 7) is 0. The highest BCUT2D eigenvalue weighted by atomic mass is 35.5. The van der Waals surface area contributed by atoms with Gasteiger partial charge in [0.1, 0.15) is 6.10 Å². The third-order valence-corrected chi connectivity index (χ3v) is 2.68. The lowest BCUT2D eigenvalue weighted by atomic mass is 10.1. The maximum atomic E-state index is 10.1. The first-order chi connectivity index (χ1) is 7.20. The van der Waals surface area contributed by atoms with Crippen LogP contribution < -0.4 is 0 Å². The summed E-state index contributed by atoms with van der Waals surface area (Å²) < 4.78 is 1.63. The van der Waals surface area contributed by atoms with Crippen molar-refractivity contribution in [1.29, 1.82) is 0 Å². The molecule has 1 aromatic carbocycles. The van der Waals surface area contributed by atoms with Gasteiger partial charge >= 0.3 is 0 Å². The minimum absolute atomic E-state index is 0.561. The van der Waals surface area contributed by atoms with E-state index in [0.29, 0.717) is 10.6 Å². The molecule has 78 valence electrons. The highest BCUT2D eigenvalue weighted by Crippen LogP contribution is 2.27. The topological polar surface area (TPSA) is 38.0 Å². The standard InChI is InChI=1S/C11H11ClN2O/c1-14-10(6-7-13-14)11(15)8-4-2-3-5-9(8)12/h2-7,11,15H,1H3. The molecule has 0 saturated heterocycles. The molecule has 2 rings (SSSR count). The summed E-state index contributed by atoms with van der Waals surface area (Å²) in [5.74, 6) is 0. The fraction of sp³-hybridized carbons (Fsp3) is 0.182. The van der Waals surface area contributed by atoms with Crippen LogP contribution in [0.3, 0.4) is 0 Å². The molecule has 2 aromatic rings. The van der Waals surface area contributed by atoms with Gasteiger partial charge in [0.25, 0.3) is 0 Å². The molecular formula is C11H11ClN2O. The second-order valence-electron chi connectivity index (χ2n) is 3.30. The van der Waals surface area contributed by atoms with Crippen LogP contribution >= 0.6 is 11.6 Å². The van der Waals surface area contributed by atoms with E-state index in [-0.39, 0.29) is 0 Å². The Bertz CT molecular complexity index is 467. The van der Waals surface area contributed by atoms with Crippen molar-refractivity contribution in [2.45, 2.75) is 6.10 Å². The number of aromatic nitrogens is 2. The maximum Gasteiger partial charge on any atom is 0.122 e. The number of aryl methyl sites for hydroxylation is 1. The predicted octanol–water partition coefficient (Wildman–Crippen LogP) is 2.16. The van der Waals surface area contributed by atoms with Crippen LogP contribution in [0.4, 0.5) is 0 Å². The SMILES string of the molecule is Cn1nccc1C(O)c1ccccc1Cl. The van der Waals surface area contributed by atoms with Crippen LogP contribution in [0.15, 0.2) is 36.5 Å². The Balaban J connectivity index is 2.41. The third kappa shape index (κ3) is 1.89. The van der Waals surface area contributed by atoms with Gasteiger partial charge < -0.3 is 5.11 Å². The number of aliphatic hydroxyl groups excluding tert-OH is 1. The maximum absolute atomic E-state index is 10.1. The lowest BCUT2D eigenvalue weighted by molar-refractivity contribution is 0.210. The zero-order chi connectivity index (χ0) is 10.8. The average Bonchev–Trinajstić information content (AvgIpc) is 2.64. The molecule has 0 spiro atoms. The molecule has 0 amide bonds. The number of hydrogen-bond acceptors (Lipinski definition) is 2. The summed E-state index contributed by atoms with van der Waals surface area (Å²) in [5.41, 5.74) is 1.42. The van der Waals surface area contributed by atoms with Crippen molar-refractivity contribution in [2.75, 3.05) is 0 Å². The van der Waals surface area contributed by atoms with Gasteiger partial charge in [0.15, 0.2) is 0 Å². The van der Waals surface area contributed by atoms with Crippen LogP contribution in [0.1, 0.15) is 17.4 Å². The average molecular weight is 223 g/mol. The van der Waals surface area contributed by atoms with Gasteiger partial charge in [-0.1, -0.05) is 29.8 Å². The second-order valence-corrected chi connectivity index (χ2v) is 3.71. The smallest absolute Gasteiger partial charge is 0.122 e. The molecule has 0 aliphatic carbocycles. The van der Waals surface area contributed by atoms with E-state index < -0.39 is 6.10 Å². The van der Waals surface area contributed by atoms with Crippen molar-refractivity contribution < 1.29 is 5.11 Å². The second kappa shape index (κ2) is 4.04. The first-order valence-corrected chi connectivity index (χ1v) is 4.98. The molecule has 4 heteroatoms. The van der Waals surface area contributed by atoms with E-state index in [1.165, 1.54) is 0 Å². The molecule has 0 bridgehead atoms. The molecule has 0 saturated carbocycles. The molecule has 0 radical (unpaired) electrons. The third-order valence-electron chi connectivity index (χ3n) is 2.34. The Kier molecular flexibility index (Phi) is 2.75. The first-order valence-electron chi connectivity index (χ1n) is 4.60. The number of halogens is 1. The van der Waals surface area contributed by atoms with Crippen LogP contribution in [0.5, 0.6) is 0 Å². The summed E-state index contributed by atoms with van der Waals surface area (Å²) in [6.07, 6.45) is 0.918. The van der Waals surface area contributed by atoms with Gasteiger partial charge in [0.2, 0.25) is 0 Å². The summed E-state index contributed by atoms with van der Waals surface area (Å²) in [4.78, 5) is 0. The van der Waals surface area contributed by atoms with Gasteiger partial charge in [0.05, 0.1) is 5.69 Å². The number of rotatable bonds is 2. The monoisotopic (exact) mass is 222 g/mol. The zero-order valence-electron chi connectivity index (χ0n) is 8.26. The van der Waals surface area contributed by atoms with E-state index in [1.807, 2.05) is 12.1 Å². The van der Waals surface area contributed by atoms with Crippen LogP contribution in [0, 0.1) is 0 Å². The minimum atomic E-state index is -0.730. The molecule has 1 unspecified atom stereocenters.